The van der Waals surface area contributed by atoms with Gasteiger partial charge in [-0.05, 0) is 0 Å². The van der Waals surface area contributed by atoms with Crippen LogP contribution in [0.1, 0.15) is 0 Å². The van der Waals surface area contributed by atoms with Crippen LogP contribution in [0.4, 0.5) is 0 Å². The van der Waals surface area contributed by atoms with Crippen molar-refractivity contribution >= 4 is 82.5 Å². The average Bonchev–Trinajstić information content (AvgIpc) is 0. The van der Waals surface area contributed by atoms with E-state index in [1.807, 2.05) is 0 Å². The van der Waals surface area contributed by atoms with Crippen LogP contribution in [0.15, 0.2) is 0 Å². The van der Waals surface area contributed by atoms with Gasteiger partial charge in [0.2, 0.25) is 0 Å². The van der Waals surface area contributed by atoms with Gasteiger partial charge >= 0.3 is 0 Å². The van der Waals surface area contributed by atoms with Crippen molar-refractivity contribution < 1.29 is 0 Å². The molecule has 0 aromatic carbocycles. The van der Waals surface area contributed by atoms with E-state index in [4.69, 9.17) is 0 Å². The summed E-state index contributed by atoms with van der Waals surface area (Å²) in [5.74, 6) is 0. The third kappa shape index (κ3) is 8.85. The monoisotopic (exact) mass is 201 g/mol. The summed E-state index contributed by atoms with van der Waals surface area (Å²) in [6.07, 6.45) is 0. The van der Waals surface area contributed by atoms with Crippen molar-refractivity contribution in [3.8, 4) is 0 Å². The molecule has 0 unspecified atom stereocenters. The van der Waals surface area contributed by atoms with Crippen LogP contribution in [0.3, 0.4) is 0 Å². The zero-order valence-electron chi connectivity index (χ0n) is 2.28. The molecule has 0 heterocycles. The molecule has 0 atom stereocenters. The van der Waals surface area contributed by atoms with Crippen LogP contribution >= 0.6 is 0 Å². The summed E-state index contributed by atoms with van der Waals surface area (Å²) in [6, 6.07) is 0. The van der Waals surface area contributed by atoms with Crippen molar-refractivity contribution in [2.45, 2.75) is 0 Å². The Labute approximate surface area is 80.9 Å². The van der Waals surface area contributed by atoms with Gasteiger partial charge in [-0.1, -0.05) is 0 Å². The van der Waals surface area contributed by atoms with Gasteiger partial charge in [0.05, 0.1) is 0 Å². The molecule has 0 saturated heterocycles. The van der Waals surface area contributed by atoms with Crippen LogP contribution < -0.4 is 0 Å². The van der Waals surface area contributed by atoms with Gasteiger partial charge in [-0.25, -0.2) is 0 Å². The predicted octanol–water partition coefficient (Wildman–Crippen LogP) is -1.52. The molecular weight excluding hydrogens is 199 g/mol. The Morgan fingerprint density at radius 1 is 1.00 bits per heavy atom. The molecule has 4 heteroatoms. The van der Waals surface area contributed by atoms with Gasteiger partial charge in [0.15, 0.2) is 0 Å². The van der Waals surface area contributed by atoms with Crippen molar-refractivity contribution in [2.24, 2.45) is 0 Å². The molecule has 0 amide bonds. The fourth-order valence-electron chi connectivity index (χ4n) is 0. The van der Waals surface area contributed by atoms with Gasteiger partial charge in [0.1, 0.15) is 0 Å². The van der Waals surface area contributed by atoms with Gasteiger partial charge in [-0.2, -0.15) is 0 Å². The fraction of sp³-hybridized carbons (Fsp3) is 0. The van der Waals surface area contributed by atoms with Crippen LogP contribution in [0.5, 0.6) is 0 Å². The average molecular weight is 199 g/mol. The molecule has 0 aliphatic rings. The second-order valence-electron chi connectivity index (χ2n) is 0. The van der Waals surface area contributed by atoms with E-state index in [0.717, 1.165) is 0 Å². The van der Waals surface area contributed by atoms with Crippen molar-refractivity contribution in [2.75, 3.05) is 0 Å². The maximum Gasteiger partial charge on any atom is 0 e. The Balaban J connectivity index is 0. The zero-order valence-corrected chi connectivity index (χ0v) is 8.86. The minimum atomic E-state index is 0. The summed E-state index contributed by atoms with van der Waals surface area (Å²) in [6.45, 7) is 0. The van der Waals surface area contributed by atoms with Crippen molar-refractivity contribution in [1.82, 2.24) is 0 Å². The largest absolute Gasteiger partial charge is 0 e. The molecule has 4 heavy (non-hydrogen) atoms. The van der Waals surface area contributed by atoms with Gasteiger partial charge in [-0.3, -0.25) is 0 Å². The summed E-state index contributed by atoms with van der Waals surface area (Å²) >= 11 is 0. The van der Waals surface area contributed by atoms with E-state index < -0.39 is 0 Å². The van der Waals surface area contributed by atoms with E-state index in [2.05, 4.69) is 0 Å². The second-order valence-corrected chi connectivity index (χ2v) is 0. The molecule has 0 rings (SSSR count). The normalized spacial score (nSPS) is 0. The third-order valence-electron chi connectivity index (χ3n) is 0. The van der Waals surface area contributed by atoms with Gasteiger partial charge < -0.3 is 0 Å². The molecule has 0 N–H and O–H groups in total. The Hall–Kier alpha value is 2.31. The van der Waals surface area contributed by atoms with Crippen molar-refractivity contribution in [1.29, 1.82) is 0 Å². The first-order valence-corrected chi connectivity index (χ1v) is 0. The summed E-state index contributed by atoms with van der Waals surface area (Å²) in [5.41, 5.74) is 0. The smallest absolute Gasteiger partial charge is 0 e. The SMILES string of the molecule is [B].[Ge].[Si].[Sr]. The third-order valence-corrected chi connectivity index (χ3v) is 0. The van der Waals surface area contributed by atoms with Crippen LogP contribution in [0.2, 0.25) is 0 Å². The quantitative estimate of drug-likeness (QED) is 0.415. The molecule has 0 aliphatic heterocycles. The molecule has 0 nitrogen and oxygen atoms in total. The zero-order chi connectivity index (χ0) is 0. The van der Waals surface area contributed by atoms with Crippen molar-refractivity contribution in [3.05, 3.63) is 0 Å². The van der Waals surface area contributed by atoms with E-state index in [1.165, 1.54) is 0 Å². The Kier molecular flexibility index (Phi) is 154. The minimum Gasteiger partial charge on any atom is 0 e. The van der Waals surface area contributed by atoms with E-state index in [-0.39, 0.29) is 82.5 Å². The number of hydrogen-bond donors (Lipinski definition) is 0. The number of rotatable bonds is 0. The van der Waals surface area contributed by atoms with Crippen LogP contribution in [-0.4, -0.2) is 82.5 Å². The molecular formula is BGeSiSr. The first-order chi connectivity index (χ1) is 0. The number of hydrogen-bond acceptors (Lipinski definition) is 0. The van der Waals surface area contributed by atoms with E-state index in [1.54, 1.807) is 0 Å². The van der Waals surface area contributed by atoms with E-state index in [9.17, 15) is 0 Å². The second kappa shape index (κ2) is 18.5. The molecule has 13 radical (unpaired) electrons. The fourth-order valence-corrected chi connectivity index (χ4v) is 0. The van der Waals surface area contributed by atoms with Crippen LogP contribution in [0, 0.1) is 0 Å². The summed E-state index contributed by atoms with van der Waals surface area (Å²) in [4.78, 5) is 0. The summed E-state index contributed by atoms with van der Waals surface area (Å²) < 4.78 is 0. The Bertz CT molecular complexity index is 8.00. The van der Waals surface area contributed by atoms with Crippen LogP contribution in [-0.2, 0) is 0 Å². The standard InChI is InChI=1S/B.Ge.Si.Sr. The summed E-state index contributed by atoms with van der Waals surface area (Å²) in [7, 11) is 0. The van der Waals surface area contributed by atoms with E-state index in [0.29, 0.717) is 0 Å². The molecule has 0 bridgehead atoms. The van der Waals surface area contributed by atoms with E-state index >= 15 is 0 Å². The molecule has 0 aliphatic carbocycles. The topological polar surface area (TPSA) is 0 Å². The summed E-state index contributed by atoms with van der Waals surface area (Å²) in [5, 5.41) is 0. The maximum absolute atomic E-state index is 0. The minimum absolute atomic E-state index is 0. The van der Waals surface area contributed by atoms with Crippen molar-refractivity contribution in [3.63, 3.8) is 0 Å². The first kappa shape index (κ1) is 33.4. The molecule has 0 aromatic rings. The Morgan fingerprint density at radius 3 is 1.00 bits per heavy atom. The van der Waals surface area contributed by atoms with Crippen LogP contribution in [0.25, 0.3) is 0 Å². The maximum atomic E-state index is 0. The Morgan fingerprint density at radius 2 is 1.00 bits per heavy atom. The molecule has 0 saturated carbocycles. The van der Waals surface area contributed by atoms with Gasteiger partial charge in [0, 0.05) is 82.5 Å². The molecule has 0 fully saturated rings. The molecule has 13 valence electrons. The molecule has 0 aromatic heterocycles. The van der Waals surface area contributed by atoms with Gasteiger partial charge in [0.25, 0.3) is 0 Å². The predicted molar refractivity (Wildman–Crippen MR) is 23.0 cm³/mol. The molecule has 0 spiro atoms. The van der Waals surface area contributed by atoms with Gasteiger partial charge in [-0.15, -0.1) is 0 Å². The first-order valence-electron chi connectivity index (χ1n) is 0.